The fourth-order valence-corrected chi connectivity index (χ4v) is 4.00. The first-order chi connectivity index (χ1) is 15.8. The summed E-state index contributed by atoms with van der Waals surface area (Å²) in [4.78, 5) is 29.8. The van der Waals surface area contributed by atoms with Crippen LogP contribution in [0.5, 0.6) is 5.75 Å². The molecule has 1 atom stereocenters. The molecule has 7 heteroatoms. The van der Waals surface area contributed by atoms with Crippen molar-refractivity contribution in [2.24, 2.45) is 0 Å². The quantitative estimate of drug-likeness (QED) is 0.327. The van der Waals surface area contributed by atoms with E-state index in [9.17, 15) is 14.7 Å². The summed E-state index contributed by atoms with van der Waals surface area (Å²) < 4.78 is 5.25. The molecule has 33 heavy (non-hydrogen) atoms. The SMILES string of the molecule is COc1ccc([C@H]2C(=C(O)c3ccc(Cl)cc3)C(=O)C(=O)N2c2ccc(N(C)C)cc2)cc1. The van der Waals surface area contributed by atoms with Gasteiger partial charge in [-0.2, -0.15) is 0 Å². The van der Waals surface area contributed by atoms with Crippen molar-refractivity contribution in [1.82, 2.24) is 0 Å². The number of aliphatic hydroxyl groups excluding tert-OH is 1. The maximum absolute atomic E-state index is 13.2. The van der Waals surface area contributed by atoms with Crippen LogP contribution in [0.4, 0.5) is 11.4 Å². The number of amides is 1. The van der Waals surface area contributed by atoms with Gasteiger partial charge in [-0.05, 0) is 66.2 Å². The average Bonchev–Trinajstić information content (AvgIpc) is 3.09. The Hall–Kier alpha value is -3.77. The van der Waals surface area contributed by atoms with Crippen molar-refractivity contribution in [3.8, 4) is 5.75 Å². The highest BCUT2D eigenvalue weighted by atomic mass is 35.5. The first-order valence-corrected chi connectivity index (χ1v) is 10.7. The molecule has 4 rings (SSSR count). The summed E-state index contributed by atoms with van der Waals surface area (Å²) in [6, 6.07) is 20.1. The number of Topliss-reactive ketones (excluding diaryl/α,β-unsaturated/α-hetero) is 1. The maximum Gasteiger partial charge on any atom is 0.300 e. The third kappa shape index (κ3) is 4.17. The zero-order valence-electron chi connectivity index (χ0n) is 18.4. The number of carbonyl (C=O) groups is 2. The lowest BCUT2D eigenvalue weighted by molar-refractivity contribution is -0.132. The van der Waals surface area contributed by atoms with Crippen molar-refractivity contribution in [1.29, 1.82) is 0 Å². The molecule has 1 heterocycles. The van der Waals surface area contributed by atoms with Gasteiger partial charge in [-0.25, -0.2) is 0 Å². The Bertz CT molecular complexity index is 1220. The summed E-state index contributed by atoms with van der Waals surface area (Å²) in [5.41, 5.74) is 2.60. The second-order valence-corrected chi connectivity index (χ2v) is 8.30. The monoisotopic (exact) mass is 462 g/mol. The summed E-state index contributed by atoms with van der Waals surface area (Å²) in [6.07, 6.45) is 0. The van der Waals surface area contributed by atoms with Gasteiger partial charge in [-0.1, -0.05) is 23.7 Å². The normalized spacial score (nSPS) is 17.3. The van der Waals surface area contributed by atoms with E-state index in [2.05, 4.69) is 0 Å². The second-order valence-electron chi connectivity index (χ2n) is 7.86. The predicted molar refractivity (Wildman–Crippen MR) is 130 cm³/mol. The molecule has 1 fully saturated rings. The molecule has 0 radical (unpaired) electrons. The number of nitrogens with zero attached hydrogens (tertiary/aromatic N) is 2. The van der Waals surface area contributed by atoms with Gasteiger partial charge < -0.3 is 14.7 Å². The second kappa shape index (κ2) is 9.00. The number of halogens is 1. The molecule has 3 aromatic carbocycles. The molecule has 1 saturated heterocycles. The topological polar surface area (TPSA) is 70.1 Å². The highest BCUT2D eigenvalue weighted by Crippen LogP contribution is 2.42. The van der Waals surface area contributed by atoms with E-state index in [1.54, 1.807) is 67.8 Å². The maximum atomic E-state index is 13.2. The number of ketones is 1. The lowest BCUT2D eigenvalue weighted by Crippen LogP contribution is -2.29. The number of rotatable bonds is 5. The first-order valence-electron chi connectivity index (χ1n) is 10.3. The van der Waals surface area contributed by atoms with Crippen LogP contribution in [0.1, 0.15) is 17.2 Å². The van der Waals surface area contributed by atoms with Crippen LogP contribution in [0.15, 0.2) is 78.4 Å². The largest absolute Gasteiger partial charge is 0.507 e. The van der Waals surface area contributed by atoms with Crippen LogP contribution in [0.25, 0.3) is 5.76 Å². The smallest absolute Gasteiger partial charge is 0.300 e. The standard InChI is InChI=1S/C26H23ClN2O4/c1-28(2)19-10-12-20(13-11-19)29-23(16-6-14-21(33-3)15-7-16)22(25(31)26(29)32)24(30)17-4-8-18(27)9-5-17/h4-15,23,30H,1-3H3/t23-/m0/s1. The molecule has 6 nitrogen and oxygen atoms in total. The van der Waals surface area contributed by atoms with Crippen molar-refractivity contribution in [2.45, 2.75) is 6.04 Å². The molecule has 1 amide bonds. The number of ether oxygens (including phenoxy) is 1. The van der Waals surface area contributed by atoms with Crippen LogP contribution in [-0.2, 0) is 9.59 Å². The Balaban J connectivity index is 1.89. The van der Waals surface area contributed by atoms with Crippen LogP contribution < -0.4 is 14.5 Å². The van der Waals surface area contributed by atoms with Crippen LogP contribution >= 0.6 is 11.6 Å². The summed E-state index contributed by atoms with van der Waals surface area (Å²) in [7, 11) is 5.41. The molecule has 1 N–H and O–H groups in total. The van der Waals surface area contributed by atoms with E-state index in [1.165, 1.54) is 4.90 Å². The van der Waals surface area contributed by atoms with Gasteiger partial charge in [0.25, 0.3) is 11.7 Å². The van der Waals surface area contributed by atoms with Crippen molar-refractivity contribution >= 4 is 40.4 Å². The zero-order valence-corrected chi connectivity index (χ0v) is 19.2. The Morgan fingerprint density at radius 2 is 1.55 bits per heavy atom. The molecule has 0 saturated carbocycles. The van der Waals surface area contributed by atoms with Gasteiger partial charge in [0, 0.05) is 36.1 Å². The molecule has 0 spiro atoms. The highest BCUT2D eigenvalue weighted by Gasteiger charge is 2.47. The highest BCUT2D eigenvalue weighted by molar-refractivity contribution is 6.51. The van der Waals surface area contributed by atoms with Gasteiger partial charge in [-0.3, -0.25) is 14.5 Å². The van der Waals surface area contributed by atoms with Crippen LogP contribution in [0.2, 0.25) is 5.02 Å². The summed E-state index contributed by atoms with van der Waals surface area (Å²) >= 11 is 5.98. The predicted octanol–water partition coefficient (Wildman–Crippen LogP) is 5.04. The Labute approximate surface area is 197 Å². The molecule has 1 aliphatic heterocycles. The van der Waals surface area contributed by atoms with E-state index in [4.69, 9.17) is 16.3 Å². The molecule has 0 bridgehead atoms. The Kier molecular flexibility index (Phi) is 6.11. The third-order valence-corrected chi connectivity index (χ3v) is 5.89. The van der Waals surface area contributed by atoms with Gasteiger partial charge in [0.15, 0.2) is 0 Å². The fraction of sp³-hybridized carbons (Fsp3) is 0.154. The lowest BCUT2D eigenvalue weighted by Gasteiger charge is -2.26. The summed E-state index contributed by atoms with van der Waals surface area (Å²) in [5, 5.41) is 11.6. The number of carbonyl (C=O) groups excluding carboxylic acids is 2. The van der Waals surface area contributed by atoms with E-state index in [1.807, 2.05) is 31.1 Å². The van der Waals surface area contributed by atoms with Gasteiger partial charge in [0.1, 0.15) is 11.5 Å². The molecule has 1 aliphatic rings. The van der Waals surface area contributed by atoms with E-state index in [-0.39, 0.29) is 11.3 Å². The average molecular weight is 463 g/mol. The minimum absolute atomic E-state index is 0.0178. The number of methoxy groups -OCH3 is 1. The number of aliphatic hydroxyl groups is 1. The first kappa shape index (κ1) is 22.4. The van der Waals surface area contributed by atoms with Gasteiger partial charge >= 0.3 is 0 Å². The number of hydrogen-bond donors (Lipinski definition) is 1. The van der Waals surface area contributed by atoms with E-state index in [0.717, 1.165) is 5.69 Å². The zero-order chi connectivity index (χ0) is 23.7. The molecular formula is C26H23ClN2O4. The summed E-state index contributed by atoms with van der Waals surface area (Å²) in [6.45, 7) is 0. The molecule has 0 unspecified atom stereocenters. The van der Waals surface area contributed by atoms with E-state index < -0.39 is 17.7 Å². The molecule has 3 aromatic rings. The van der Waals surface area contributed by atoms with Gasteiger partial charge in [-0.15, -0.1) is 0 Å². The van der Waals surface area contributed by atoms with Gasteiger partial charge in [0.2, 0.25) is 0 Å². The van der Waals surface area contributed by atoms with Crippen LogP contribution in [0.3, 0.4) is 0 Å². The minimum atomic E-state index is -0.809. The fourth-order valence-electron chi connectivity index (χ4n) is 3.88. The van der Waals surface area contributed by atoms with Crippen molar-refractivity contribution in [2.75, 3.05) is 31.0 Å². The van der Waals surface area contributed by atoms with Crippen molar-refractivity contribution in [3.05, 3.63) is 94.5 Å². The molecule has 168 valence electrons. The Morgan fingerprint density at radius 1 is 0.939 bits per heavy atom. The number of benzene rings is 3. The van der Waals surface area contributed by atoms with Gasteiger partial charge in [0.05, 0.1) is 18.7 Å². The Morgan fingerprint density at radius 3 is 2.09 bits per heavy atom. The lowest BCUT2D eigenvalue weighted by atomic mass is 9.95. The minimum Gasteiger partial charge on any atom is -0.507 e. The van der Waals surface area contributed by atoms with Crippen LogP contribution in [0, 0.1) is 0 Å². The third-order valence-electron chi connectivity index (χ3n) is 5.64. The summed E-state index contributed by atoms with van der Waals surface area (Å²) in [5.74, 6) is -1.06. The number of anilines is 2. The van der Waals surface area contributed by atoms with Crippen molar-refractivity contribution in [3.63, 3.8) is 0 Å². The molecule has 0 aliphatic carbocycles. The van der Waals surface area contributed by atoms with Crippen LogP contribution in [-0.4, -0.2) is 38.0 Å². The van der Waals surface area contributed by atoms with E-state index >= 15 is 0 Å². The molecule has 0 aromatic heterocycles. The molecular weight excluding hydrogens is 440 g/mol. The van der Waals surface area contributed by atoms with Crippen molar-refractivity contribution < 1.29 is 19.4 Å². The number of hydrogen-bond acceptors (Lipinski definition) is 5. The van der Waals surface area contributed by atoms with E-state index in [0.29, 0.717) is 27.6 Å².